The molecule has 0 fully saturated rings. The molecule has 10 rings (SSSR count). The van der Waals surface area contributed by atoms with Crippen LogP contribution in [0.25, 0.3) is 55.0 Å². The fourth-order valence-electron chi connectivity index (χ4n) is 8.83. The summed E-state index contributed by atoms with van der Waals surface area (Å²) >= 11 is 0. The van der Waals surface area contributed by atoms with Crippen LogP contribution in [0.1, 0.15) is 55.5 Å². The molecular weight excluding hydrogens is 595 g/mol. The van der Waals surface area contributed by atoms with Gasteiger partial charge >= 0.3 is 0 Å². The maximum absolute atomic E-state index is 6.57. The smallest absolute Gasteiger partial charge is 0.159 e. The summed E-state index contributed by atoms with van der Waals surface area (Å²) in [6.45, 7) is 11.7. The van der Waals surface area contributed by atoms with Crippen molar-refractivity contribution in [2.45, 2.75) is 45.4 Å². The zero-order valence-corrected chi connectivity index (χ0v) is 28.6. The van der Waals surface area contributed by atoms with E-state index in [4.69, 9.17) is 4.42 Å². The summed E-state index contributed by atoms with van der Waals surface area (Å²) in [6.07, 6.45) is 0. The summed E-state index contributed by atoms with van der Waals surface area (Å²) in [4.78, 5) is 2.35. The summed E-state index contributed by atoms with van der Waals surface area (Å²) in [5.74, 6) is 0. The molecule has 0 bridgehead atoms. The molecule has 0 radical (unpaired) electrons. The van der Waals surface area contributed by atoms with Gasteiger partial charge in [0.15, 0.2) is 5.58 Å². The maximum Gasteiger partial charge on any atom is 0.159 e. The Bertz CT molecular complexity index is 2670. The van der Waals surface area contributed by atoms with E-state index in [-0.39, 0.29) is 10.8 Å². The molecule has 0 atom stereocenters. The molecule has 0 N–H and O–H groups in total. The van der Waals surface area contributed by atoms with Crippen molar-refractivity contribution in [2.24, 2.45) is 0 Å². The zero-order chi connectivity index (χ0) is 33.2. The van der Waals surface area contributed by atoms with E-state index >= 15 is 0 Å². The normalized spacial score (nSPS) is 15.0. The molecule has 236 valence electrons. The van der Waals surface area contributed by atoms with Gasteiger partial charge in [0.2, 0.25) is 0 Å². The lowest BCUT2D eigenvalue weighted by Crippen LogP contribution is -2.17. The first-order valence-corrected chi connectivity index (χ1v) is 17.3. The van der Waals surface area contributed by atoms with Crippen LogP contribution in [-0.2, 0) is 10.8 Å². The minimum Gasteiger partial charge on any atom is -0.454 e. The Morgan fingerprint density at radius 1 is 0.469 bits per heavy atom. The van der Waals surface area contributed by atoms with Gasteiger partial charge in [-0.3, -0.25) is 0 Å². The highest BCUT2D eigenvalue weighted by Gasteiger charge is 2.41. The van der Waals surface area contributed by atoms with Crippen LogP contribution in [0.4, 0.5) is 17.1 Å². The van der Waals surface area contributed by atoms with Gasteiger partial charge in [-0.15, -0.1) is 0 Å². The molecule has 7 aromatic carbocycles. The minimum atomic E-state index is -0.123. The Morgan fingerprint density at radius 2 is 1.10 bits per heavy atom. The van der Waals surface area contributed by atoms with Crippen LogP contribution in [-0.4, -0.2) is 0 Å². The van der Waals surface area contributed by atoms with E-state index in [1.165, 1.54) is 60.8 Å². The lowest BCUT2D eigenvalue weighted by molar-refractivity contribution is 0.652. The molecule has 0 saturated carbocycles. The Labute approximate surface area is 287 Å². The second-order valence-corrected chi connectivity index (χ2v) is 15.1. The van der Waals surface area contributed by atoms with Crippen molar-refractivity contribution in [1.82, 2.24) is 0 Å². The summed E-state index contributed by atoms with van der Waals surface area (Å²) in [5.41, 5.74) is 17.3. The lowest BCUT2D eigenvalue weighted by Gasteiger charge is -2.26. The first-order chi connectivity index (χ1) is 23.7. The molecule has 1 heterocycles. The molecule has 49 heavy (non-hydrogen) atoms. The number of fused-ring (bicyclic) bond motifs is 10. The number of anilines is 3. The van der Waals surface area contributed by atoms with E-state index in [1.807, 2.05) is 6.07 Å². The monoisotopic (exact) mass is 631 g/mol. The van der Waals surface area contributed by atoms with E-state index in [1.54, 1.807) is 0 Å². The first-order valence-electron chi connectivity index (χ1n) is 17.3. The van der Waals surface area contributed by atoms with Gasteiger partial charge < -0.3 is 9.32 Å². The number of hydrogen-bond acceptors (Lipinski definition) is 2. The molecule has 0 amide bonds. The number of benzene rings is 7. The Kier molecular flexibility index (Phi) is 5.65. The fourth-order valence-corrected chi connectivity index (χ4v) is 8.83. The Hall–Kier alpha value is -5.60. The summed E-state index contributed by atoms with van der Waals surface area (Å²) in [6, 6.07) is 49.4. The molecule has 8 aromatic rings. The molecule has 0 spiro atoms. The predicted octanol–water partition coefficient (Wildman–Crippen LogP) is 13.1. The average molecular weight is 632 g/mol. The first kappa shape index (κ1) is 28.4. The highest BCUT2D eigenvalue weighted by Crippen LogP contribution is 2.56. The van der Waals surface area contributed by atoms with E-state index in [0.717, 1.165) is 39.0 Å². The standard InChI is InChI=1S/C47H37NO/c1-28-17-20-31(21-18-28)48(43-15-10-13-35-34-12-7-9-16-44(34)49-45(35)43)32-22-19-29-24-36-38-27-41-37(33-11-6-8-14-39(33)46(41,2)3)26-42(38)47(4,5)40(36)25-30(29)23-32/h6-27H,1-5H3. The van der Waals surface area contributed by atoms with E-state index in [2.05, 4.69) is 167 Å². The predicted molar refractivity (Wildman–Crippen MR) is 206 cm³/mol. The molecule has 2 nitrogen and oxygen atoms in total. The number of rotatable bonds is 3. The fraction of sp³-hybridized carbons (Fsp3) is 0.149. The SMILES string of the molecule is Cc1ccc(N(c2ccc3cc4c(cc3c2)C(C)(C)c2cc3c(cc2-4)C(C)(C)c2ccccc2-3)c2cccc3c2oc2ccccc23)cc1. The van der Waals surface area contributed by atoms with Gasteiger partial charge in [0.1, 0.15) is 5.58 Å². The van der Waals surface area contributed by atoms with Crippen molar-refractivity contribution in [2.75, 3.05) is 4.90 Å². The molecule has 2 heteroatoms. The van der Waals surface area contributed by atoms with Gasteiger partial charge in [0.25, 0.3) is 0 Å². The molecular formula is C47H37NO. The third-order valence-corrected chi connectivity index (χ3v) is 11.5. The van der Waals surface area contributed by atoms with Gasteiger partial charge in [-0.2, -0.15) is 0 Å². The van der Waals surface area contributed by atoms with Crippen LogP contribution in [0.2, 0.25) is 0 Å². The van der Waals surface area contributed by atoms with Crippen LogP contribution in [0.3, 0.4) is 0 Å². The quantitative estimate of drug-likeness (QED) is 0.193. The van der Waals surface area contributed by atoms with Crippen molar-refractivity contribution >= 4 is 49.8 Å². The lowest BCUT2D eigenvalue weighted by atomic mass is 9.79. The Morgan fingerprint density at radius 3 is 1.92 bits per heavy atom. The van der Waals surface area contributed by atoms with Crippen LogP contribution in [0, 0.1) is 6.92 Å². The highest BCUT2D eigenvalue weighted by molar-refractivity contribution is 6.10. The summed E-state index contributed by atoms with van der Waals surface area (Å²) in [5, 5.41) is 4.75. The third kappa shape index (κ3) is 3.89. The molecule has 0 saturated heterocycles. The largest absolute Gasteiger partial charge is 0.454 e. The van der Waals surface area contributed by atoms with Gasteiger partial charge in [0.05, 0.1) is 5.69 Å². The molecule has 0 aliphatic heterocycles. The third-order valence-electron chi connectivity index (χ3n) is 11.5. The van der Waals surface area contributed by atoms with Gasteiger partial charge in [-0.05, 0) is 123 Å². The molecule has 1 aromatic heterocycles. The van der Waals surface area contributed by atoms with Crippen LogP contribution >= 0.6 is 0 Å². The number of hydrogen-bond donors (Lipinski definition) is 0. The van der Waals surface area contributed by atoms with Crippen molar-refractivity contribution in [3.63, 3.8) is 0 Å². The second-order valence-electron chi connectivity index (χ2n) is 15.1. The number of furan rings is 1. The van der Waals surface area contributed by atoms with Crippen LogP contribution in [0.15, 0.2) is 138 Å². The average Bonchev–Trinajstić information content (AvgIpc) is 3.68. The van der Waals surface area contributed by atoms with Gasteiger partial charge in [-0.1, -0.05) is 106 Å². The molecule has 0 unspecified atom stereocenters. The number of para-hydroxylation sites is 2. The Balaban J connectivity index is 1.16. The zero-order valence-electron chi connectivity index (χ0n) is 28.6. The van der Waals surface area contributed by atoms with E-state index < -0.39 is 0 Å². The van der Waals surface area contributed by atoms with Crippen molar-refractivity contribution in [3.8, 4) is 22.3 Å². The molecule has 2 aliphatic carbocycles. The van der Waals surface area contributed by atoms with Crippen LogP contribution < -0.4 is 4.90 Å². The van der Waals surface area contributed by atoms with Gasteiger partial charge in [-0.25, -0.2) is 0 Å². The van der Waals surface area contributed by atoms with Crippen molar-refractivity contribution < 1.29 is 4.42 Å². The second kappa shape index (κ2) is 9.74. The maximum atomic E-state index is 6.57. The number of aryl methyl sites for hydroxylation is 1. The topological polar surface area (TPSA) is 16.4 Å². The number of nitrogens with zero attached hydrogens (tertiary/aromatic N) is 1. The summed E-state index contributed by atoms with van der Waals surface area (Å²) in [7, 11) is 0. The van der Waals surface area contributed by atoms with Crippen molar-refractivity contribution in [1.29, 1.82) is 0 Å². The summed E-state index contributed by atoms with van der Waals surface area (Å²) < 4.78 is 6.57. The minimum absolute atomic E-state index is 0.0261. The van der Waals surface area contributed by atoms with E-state index in [0.29, 0.717) is 0 Å². The van der Waals surface area contributed by atoms with Crippen LogP contribution in [0.5, 0.6) is 0 Å². The van der Waals surface area contributed by atoms with Gasteiger partial charge in [0, 0.05) is 33.0 Å². The van der Waals surface area contributed by atoms with Crippen molar-refractivity contribution in [3.05, 3.63) is 161 Å². The molecule has 2 aliphatic rings. The highest BCUT2D eigenvalue weighted by atomic mass is 16.3. The van der Waals surface area contributed by atoms with E-state index in [9.17, 15) is 0 Å².